The van der Waals surface area contributed by atoms with Gasteiger partial charge in [0.2, 0.25) is 0 Å². The fourth-order valence-electron chi connectivity index (χ4n) is 4.23. The van der Waals surface area contributed by atoms with Crippen molar-refractivity contribution in [3.63, 3.8) is 0 Å². The number of carboxylic acid groups (broad SMARTS) is 1. The Morgan fingerprint density at radius 1 is 0.750 bits per heavy atom. The van der Waals surface area contributed by atoms with Gasteiger partial charge in [-0.25, -0.2) is 0 Å². The zero-order chi connectivity index (χ0) is 19.9. The Bertz CT molecular complexity index is 386. The maximum atomic E-state index is 10.9. The van der Waals surface area contributed by atoms with Gasteiger partial charge in [-0.3, -0.25) is 4.79 Å². The van der Waals surface area contributed by atoms with Gasteiger partial charge in [0.05, 0.1) is 12.0 Å². The average molecular weight is 399 g/mol. The van der Waals surface area contributed by atoms with Crippen molar-refractivity contribution in [1.29, 1.82) is 0 Å². The Morgan fingerprint density at radius 3 is 1.86 bits per heavy atom. The summed E-state index contributed by atoms with van der Waals surface area (Å²) >= 11 is 0. The molecule has 2 aliphatic rings. The molecule has 1 aliphatic heterocycles. The number of hydrogen-bond acceptors (Lipinski definition) is 4. The molecule has 1 saturated heterocycles. The van der Waals surface area contributed by atoms with Crippen LogP contribution in [-0.4, -0.2) is 43.3 Å². The third-order valence-electron chi connectivity index (χ3n) is 6.11. The van der Waals surface area contributed by atoms with E-state index in [0.717, 1.165) is 64.8 Å². The van der Waals surface area contributed by atoms with Crippen molar-refractivity contribution in [2.24, 2.45) is 5.92 Å². The zero-order valence-corrected chi connectivity index (χ0v) is 17.7. The molecule has 0 aromatic heterocycles. The van der Waals surface area contributed by atoms with Gasteiger partial charge in [-0.05, 0) is 57.8 Å². The predicted molar refractivity (Wildman–Crippen MR) is 110 cm³/mol. The highest BCUT2D eigenvalue weighted by atomic mass is 16.7. The van der Waals surface area contributed by atoms with Crippen LogP contribution < -0.4 is 0 Å². The lowest BCUT2D eigenvalue weighted by Gasteiger charge is -2.26. The van der Waals surface area contributed by atoms with Gasteiger partial charge >= 0.3 is 5.97 Å². The first-order valence-electron chi connectivity index (χ1n) is 11.8. The van der Waals surface area contributed by atoms with Crippen molar-refractivity contribution in [3.8, 4) is 0 Å². The summed E-state index contributed by atoms with van der Waals surface area (Å²) in [5.74, 6) is -0.779. The highest BCUT2D eigenvalue weighted by Gasteiger charge is 2.26. The molecule has 0 aromatic rings. The maximum absolute atomic E-state index is 10.9. The van der Waals surface area contributed by atoms with E-state index in [1.54, 1.807) is 0 Å². The molecular formula is C23H42O5. The number of hydrogen-bond donors (Lipinski definition) is 1. The van der Waals surface area contributed by atoms with Crippen LogP contribution in [0.5, 0.6) is 0 Å². The van der Waals surface area contributed by atoms with E-state index < -0.39 is 5.97 Å². The molecule has 0 radical (unpaired) electrons. The third kappa shape index (κ3) is 10.8. The molecule has 2 rings (SSSR count). The lowest BCUT2D eigenvalue weighted by atomic mass is 9.87. The van der Waals surface area contributed by atoms with Gasteiger partial charge in [0.15, 0.2) is 6.29 Å². The van der Waals surface area contributed by atoms with E-state index in [-0.39, 0.29) is 12.2 Å². The lowest BCUT2D eigenvalue weighted by molar-refractivity contribution is -0.162. The zero-order valence-electron chi connectivity index (χ0n) is 17.7. The Balaban J connectivity index is 1.26. The summed E-state index contributed by atoms with van der Waals surface area (Å²) in [7, 11) is 0. The summed E-state index contributed by atoms with van der Waals surface area (Å²) in [4.78, 5) is 10.9. The van der Waals surface area contributed by atoms with Crippen LogP contribution >= 0.6 is 0 Å². The van der Waals surface area contributed by atoms with E-state index in [2.05, 4.69) is 0 Å². The van der Waals surface area contributed by atoms with Gasteiger partial charge in [-0.1, -0.05) is 44.9 Å². The molecule has 0 bridgehead atoms. The summed E-state index contributed by atoms with van der Waals surface area (Å²) in [5.41, 5.74) is 0. The van der Waals surface area contributed by atoms with Gasteiger partial charge < -0.3 is 19.3 Å². The lowest BCUT2D eigenvalue weighted by Crippen LogP contribution is -2.26. The van der Waals surface area contributed by atoms with Crippen LogP contribution in [0.25, 0.3) is 0 Å². The molecule has 0 amide bonds. The molecule has 1 heterocycles. The van der Waals surface area contributed by atoms with Gasteiger partial charge in [0.1, 0.15) is 0 Å². The standard InChI is InChI=1S/C23H42O5/c24-23(25)20-13-15-21(16-14-20)26-17-9-6-4-2-1-3-5-7-10-18-27-22-12-8-11-19-28-22/h20-22H,1-19H2,(H,24,25)/t20-,21-,22?. The van der Waals surface area contributed by atoms with Crippen LogP contribution in [-0.2, 0) is 19.0 Å². The maximum Gasteiger partial charge on any atom is 0.306 e. The minimum absolute atomic E-state index is 0.0671. The molecule has 1 saturated carbocycles. The summed E-state index contributed by atoms with van der Waals surface area (Å²) in [5, 5.41) is 9.01. The number of unbranched alkanes of at least 4 members (excludes halogenated alkanes) is 8. The van der Waals surface area contributed by atoms with Crippen LogP contribution in [0, 0.1) is 5.92 Å². The summed E-state index contributed by atoms with van der Waals surface area (Å²) < 4.78 is 17.3. The predicted octanol–water partition coefficient (Wildman–Crippen LogP) is 5.70. The number of rotatable bonds is 15. The molecule has 164 valence electrons. The number of ether oxygens (including phenoxy) is 3. The molecule has 1 atom stereocenters. The van der Waals surface area contributed by atoms with Gasteiger partial charge in [0.25, 0.3) is 0 Å². The molecule has 5 heteroatoms. The molecular weight excluding hydrogens is 356 g/mol. The van der Waals surface area contributed by atoms with E-state index >= 15 is 0 Å². The SMILES string of the molecule is O=C(O)[C@H]1CC[C@H](OCCCCCCCCCCCOC2CCCCO2)CC1. The molecule has 28 heavy (non-hydrogen) atoms. The number of carbonyl (C=O) groups is 1. The quantitative estimate of drug-likeness (QED) is 0.358. The Morgan fingerprint density at radius 2 is 1.32 bits per heavy atom. The van der Waals surface area contributed by atoms with Crippen molar-refractivity contribution in [1.82, 2.24) is 0 Å². The van der Waals surface area contributed by atoms with Crippen LogP contribution in [0.1, 0.15) is 103 Å². The van der Waals surface area contributed by atoms with E-state index in [0.29, 0.717) is 6.10 Å². The first-order chi connectivity index (χ1) is 13.8. The Labute approximate surface area is 171 Å². The van der Waals surface area contributed by atoms with Crippen molar-refractivity contribution in [2.75, 3.05) is 19.8 Å². The second-order valence-corrected chi connectivity index (χ2v) is 8.53. The van der Waals surface area contributed by atoms with E-state index in [1.807, 2.05) is 0 Å². The normalized spacial score (nSPS) is 25.6. The van der Waals surface area contributed by atoms with Crippen molar-refractivity contribution < 1.29 is 24.1 Å². The first-order valence-corrected chi connectivity index (χ1v) is 11.8. The van der Waals surface area contributed by atoms with Crippen molar-refractivity contribution in [2.45, 2.75) is 115 Å². The second kappa shape index (κ2) is 15.2. The molecule has 0 aromatic carbocycles. The minimum atomic E-state index is -0.638. The fraction of sp³-hybridized carbons (Fsp3) is 0.957. The largest absolute Gasteiger partial charge is 0.481 e. The molecule has 5 nitrogen and oxygen atoms in total. The number of carboxylic acids is 1. The van der Waals surface area contributed by atoms with Crippen LogP contribution in [0.4, 0.5) is 0 Å². The van der Waals surface area contributed by atoms with Crippen LogP contribution in [0.2, 0.25) is 0 Å². The minimum Gasteiger partial charge on any atom is -0.481 e. The fourth-order valence-corrected chi connectivity index (χ4v) is 4.23. The van der Waals surface area contributed by atoms with Gasteiger partial charge in [-0.15, -0.1) is 0 Å². The summed E-state index contributed by atoms with van der Waals surface area (Å²) in [6, 6.07) is 0. The van der Waals surface area contributed by atoms with E-state index in [1.165, 1.54) is 57.8 Å². The summed E-state index contributed by atoms with van der Waals surface area (Å²) in [6.45, 7) is 2.56. The van der Waals surface area contributed by atoms with Crippen LogP contribution in [0.3, 0.4) is 0 Å². The highest BCUT2D eigenvalue weighted by Crippen LogP contribution is 2.26. The van der Waals surface area contributed by atoms with Crippen molar-refractivity contribution in [3.05, 3.63) is 0 Å². The summed E-state index contributed by atoms with van der Waals surface area (Å²) in [6.07, 6.45) is 18.7. The van der Waals surface area contributed by atoms with Gasteiger partial charge in [0, 0.05) is 19.8 Å². The first kappa shape index (κ1) is 23.6. The van der Waals surface area contributed by atoms with Crippen molar-refractivity contribution >= 4 is 5.97 Å². The molecule has 1 N–H and O–H groups in total. The van der Waals surface area contributed by atoms with E-state index in [4.69, 9.17) is 19.3 Å². The van der Waals surface area contributed by atoms with E-state index in [9.17, 15) is 4.79 Å². The van der Waals surface area contributed by atoms with Gasteiger partial charge in [-0.2, -0.15) is 0 Å². The Hall–Kier alpha value is -0.650. The third-order valence-corrected chi connectivity index (χ3v) is 6.11. The second-order valence-electron chi connectivity index (χ2n) is 8.53. The highest BCUT2D eigenvalue weighted by molar-refractivity contribution is 5.70. The molecule has 1 unspecified atom stereocenters. The number of aliphatic carboxylic acids is 1. The molecule has 1 aliphatic carbocycles. The monoisotopic (exact) mass is 398 g/mol. The van der Waals surface area contributed by atoms with Crippen LogP contribution in [0.15, 0.2) is 0 Å². The Kier molecular flexibility index (Phi) is 12.8. The smallest absolute Gasteiger partial charge is 0.306 e. The molecule has 2 fully saturated rings. The molecule has 0 spiro atoms. The average Bonchev–Trinajstić information content (AvgIpc) is 2.72. The topological polar surface area (TPSA) is 65.0 Å².